The minimum absolute atomic E-state index is 0.0708. The van der Waals surface area contributed by atoms with Crippen LogP contribution >= 0.6 is 0 Å². The molecule has 0 saturated carbocycles. The van der Waals surface area contributed by atoms with Crippen LogP contribution in [0.5, 0.6) is 0 Å². The first-order valence-electron chi connectivity index (χ1n) is 5.70. The van der Waals surface area contributed by atoms with Crippen LogP contribution in [0, 0.1) is 0 Å². The summed E-state index contributed by atoms with van der Waals surface area (Å²) < 4.78 is 0. The first-order valence-corrected chi connectivity index (χ1v) is 5.70. The maximum absolute atomic E-state index is 12.1. The van der Waals surface area contributed by atoms with Crippen molar-refractivity contribution in [1.29, 1.82) is 0 Å². The van der Waals surface area contributed by atoms with Crippen LogP contribution in [0.4, 0.5) is 11.4 Å². The smallest absolute Gasteiger partial charge is 0.247 e. The summed E-state index contributed by atoms with van der Waals surface area (Å²) in [6, 6.07) is 7.28. The zero-order valence-electron chi connectivity index (χ0n) is 10.1. The lowest BCUT2D eigenvalue weighted by atomic mass is 10.1. The predicted molar refractivity (Wildman–Crippen MR) is 69.2 cm³/mol. The molecule has 2 rings (SSSR count). The lowest BCUT2D eigenvalue weighted by Gasteiger charge is -2.30. The Kier molecular flexibility index (Phi) is 3.36. The van der Waals surface area contributed by atoms with Crippen molar-refractivity contribution >= 4 is 23.2 Å². The number of para-hydroxylation sites is 2. The van der Waals surface area contributed by atoms with Gasteiger partial charge < -0.3 is 21.3 Å². The number of hydrogen-bond acceptors (Lipinski definition) is 4. The van der Waals surface area contributed by atoms with E-state index in [0.717, 1.165) is 11.4 Å². The minimum atomic E-state index is -0.519. The SMILES string of the molecule is CN(CC(N)=O)C(=O)C1CNc2ccccc2N1. The summed E-state index contributed by atoms with van der Waals surface area (Å²) in [5.74, 6) is -0.675. The summed E-state index contributed by atoms with van der Waals surface area (Å²) in [6.45, 7) is 0.414. The summed E-state index contributed by atoms with van der Waals surface area (Å²) in [5, 5.41) is 6.32. The van der Waals surface area contributed by atoms with Crippen molar-refractivity contribution in [2.24, 2.45) is 5.73 Å². The van der Waals surface area contributed by atoms with E-state index in [-0.39, 0.29) is 18.5 Å². The van der Waals surface area contributed by atoms with Crippen molar-refractivity contribution in [3.05, 3.63) is 24.3 Å². The molecule has 0 saturated heterocycles. The van der Waals surface area contributed by atoms with Gasteiger partial charge in [-0.25, -0.2) is 0 Å². The number of anilines is 2. The summed E-state index contributed by atoms with van der Waals surface area (Å²) in [4.78, 5) is 24.2. The molecule has 1 aromatic carbocycles. The molecular weight excluding hydrogens is 232 g/mol. The predicted octanol–water partition coefficient (Wildman–Crippen LogP) is -0.164. The van der Waals surface area contributed by atoms with Crippen LogP contribution in [0.25, 0.3) is 0 Å². The highest BCUT2D eigenvalue weighted by Gasteiger charge is 2.26. The molecule has 1 aliphatic rings. The molecule has 0 aromatic heterocycles. The first-order chi connectivity index (χ1) is 8.58. The number of nitrogens with two attached hydrogens (primary N) is 1. The molecule has 1 aromatic rings. The number of hydrogen-bond donors (Lipinski definition) is 3. The summed E-state index contributed by atoms with van der Waals surface area (Å²) >= 11 is 0. The molecule has 6 nitrogen and oxygen atoms in total. The third-order valence-electron chi connectivity index (χ3n) is 2.82. The number of likely N-dealkylation sites (N-methyl/N-ethyl adjacent to an activating group) is 1. The van der Waals surface area contributed by atoms with Crippen LogP contribution in [-0.4, -0.2) is 42.9 Å². The molecule has 6 heteroatoms. The van der Waals surface area contributed by atoms with E-state index in [1.165, 1.54) is 4.90 Å². The van der Waals surface area contributed by atoms with Gasteiger partial charge in [0.2, 0.25) is 11.8 Å². The van der Waals surface area contributed by atoms with E-state index < -0.39 is 5.91 Å². The van der Waals surface area contributed by atoms with Gasteiger partial charge in [-0.15, -0.1) is 0 Å². The molecule has 0 aliphatic carbocycles. The molecule has 4 N–H and O–H groups in total. The zero-order valence-corrected chi connectivity index (χ0v) is 10.1. The van der Waals surface area contributed by atoms with Crippen molar-refractivity contribution in [1.82, 2.24) is 4.90 Å². The van der Waals surface area contributed by atoms with Gasteiger partial charge in [0.15, 0.2) is 0 Å². The highest BCUT2D eigenvalue weighted by molar-refractivity contribution is 5.91. The molecule has 0 spiro atoms. The second-order valence-corrected chi connectivity index (χ2v) is 4.28. The van der Waals surface area contributed by atoms with Crippen LogP contribution in [0.3, 0.4) is 0 Å². The van der Waals surface area contributed by atoms with E-state index in [2.05, 4.69) is 10.6 Å². The van der Waals surface area contributed by atoms with E-state index in [1.54, 1.807) is 7.05 Å². The molecule has 1 atom stereocenters. The van der Waals surface area contributed by atoms with Crippen molar-refractivity contribution in [2.75, 3.05) is 30.8 Å². The van der Waals surface area contributed by atoms with Crippen molar-refractivity contribution < 1.29 is 9.59 Å². The van der Waals surface area contributed by atoms with Gasteiger partial charge in [-0.3, -0.25) is 9.59 Å². The number of amides is 2. The van der Waals surface area contributed by atoms with Gasteiger partial charge in [-0.1, -0.05) is 12.1 Å². The number of primary amides is 1. The Morgan fingerprint density at radius 2 is 2.06 bits per heavy atom. The lowest BCUT2D eigenvalue weighted by molar-refractivity contribution is -0.134. The highest BCUT2D eigenvalue weighted by atomic mass is 16.2. The van der Waals surface area contributed by atoms with E-state index in [1.807, 2.05) is 24.3 Å². The van der Waals surface area contributed by atoms with E-state index >= 15 is 0 Å². The minimum Gasteiger partial charge on any atom is -0.381 e. The molecule has 1 unspecified atom stereocenters. The number of nitrogens with one attached hydrogen (secondary N) is 2. The van der Waals surface area contributed by atoms with Crippen molar-refractivity contribution in [3.8, 4) is 0 Å². The average Bonchev–Trinajstić information content (AvgIpc) is 2.36. The van der Waals surface area contributed by atoms with Gasteiger partial charge in [0.05, 0.1) is 17.9 Å². The molecule has 0 radical (unpaired) electrons. The highest BCUT2D eigenvalue weighted by Crippen LogP contribution is 2.25. The molecule has 1 aliphatic heterocycles. The molecule has 1 heterocycles. The topological polar surface area (TPSA) is 87.5 Å². The van der Waals surface area contributed by atoms with Crippen LogP contribution in [0.1, 0.15) is 0 Å². The Bertz CT molecular complexity index is 475. The summed E-state index contributed by atoms with van der Waals surface area (Å²) in [7, 11) is 1.56. The molecule has 0 bridgehead atoms. The Hall–Kier alpha value is -2.24. The standard InChI is InChI=1S/C12H16N4O2/c1-16(7-11(13)17)12(18)10-6-14-8-4-2-3-5-9(8)15-10/h2-5,10,14-15H,6-7H2,1H3,(H2,13,17). The largest absolute Gasteiger partial charge is 0.381 e. The molecule has 0 fully saturated rings. The molecule has 96 valence electrons. The molecule has 18 heavy (non-hydrogen) atoms. The second-order valence-electron chi connectivity index (χ2n) is 4.28. The van der Waals surface area contributed by atoms with Crippen LogP contribution in [-0.2, 0) is 9.59 Å². The van der Waals surface area contributed by atoms with Gasteiger partial charge in [0, 0.05) is 13.6 Å². The number of carbonyl (C=O) groups is 2. The summed E-state index contributed by atoms with van der Waals surface area (Å²) in [6.07, 6.45) is 0. The van der Waals surface area contributed by atoms with Gasteiger partial charge >= 0.3 is 0 Å². The average molecular weight is 248 g/mol. The van der Waals surface area contributed by atoms with Crippen molar-refractivity contribution in [2.45, 2.75) is 6.04 Å². The normalized spacial score (nSPS) is 17.1. The fourth-order valence-electron chi connectivity index (χ4n) is 1.94. The third kappa shape index (κ3) is 2.53. The van der Waals surface area contributed by atoms with Gasteiger partial charge in [0.1, 0.15) is 6.04 Å². The zero-order chi connectivity index (χ0) is 13.1. The first kappa shape index (κ1) is 12.2. The van der Waals surface area contributed by atoms with Gasteiger partial charge in [0.25, 0.3) is 0 Å². The van der Waals surface area contributed by atoms with Crippen LogP contribution in [0.2, 0.25) is 0 Å². The van der Waals surface area contributed by atoms with Crippen LogP contribution in [0.15, 0.2) is 24.3 Å². The van der Waals surface area contributed by atoms with Crippen LogP contribution < -0.4 is 16.4 Å². The maximum atomic E-state index is 12.1. The number of benzene rings is 1. The van der Waals surface area contributed by atoms with Crippen molar-refractivity contribution in [3.63, 3.8) is 0 Å². The van der Waals surface area contributed by atoms with E-state index in [0.29, 0.717) is 6.54 Å². The maximum Gasteiger partial charge on any atom is 0.247 e. The Morgan fingerprint density at radius 1 is 1.39 bits per heavy atom. The summed E-state index contributed by atoms with van der Waals surface area (Å²) in [5.41, 5.74) is 6.92. The third-order valence-corrected chi connectivity index (χ3v) is 2.82. The fourth-order valence-corrected chi connectivity index (χ4v) is 1.94. The Balaban J connectivity index is 2.04. The lowest BCUT2D eigenvalue weighted by Crippen LogP contribution is -2.48. The number of fused-ring (bicyclic) bond motifs is 1. The number of carbonyl (C=O) groups excluding carboxylic acids is 2. The van der Waals surface area contributed by atoms with E-state index in [4.69, 9.17) is 5.73 Å². The molecule has 2 amide bonds. The number of rotatable bonds is 3. The Morgan fingerprint density at radius 3 is 2.72 bits per heavy atom. The Labute approximate surface area is 105 Å². The molecular formula is C12H16N4O2. The van der Waals surface area contributed by atoms with E-state index in [9.17, 15) is 9.59 Å². The van der Waals surface area contributed by atoms with Gasteiger partial charge in [-0.05, 0) is 12.1 Å². The number of nitrogens with zero attached hydrogens (tertiary/aromatic N) is 1. The second kappa shape index (κ2) is 4.95. The monoisotopic (exact) mass is 248 g/mol. The van der Waals surface area contributed by atoms with Gasteiger partial charge in [-0.2, -0.15) is 0 Å². The quantitative estimate of drug-likeness (QED) is 0.693. The fraction of sp³-hybridized carbons (Fsp3) is 0.333.